The van der Waals surface area contributed by atoms with Crippen molar-refractivity contribution < 1.29 is 14.5 Å². The number of nitrogens with zero attached hydrogens (tertiary/aromatic N) is 3. The number of pyridine rings is 2. The predicted molar refractivity (Wildman–Crippen MR) is 132 cm³/mol. The molecule has 8 nitrogen and oxygen atoms in total. The Labute approximate surface area is 205 Å². The lowest BCUT2D eigenvalue weighted by Crippen LogP contribution is -2.46. The number of aryl methyl sites for hydroxylation is 1. The molecule has 2 aromatic heterocycles. The van der Waals surface area contributed by atoms with Crippen molar-refractivity contribution in [2.24, 2.45) is 0 Å². The first-order chi connectivity index (χ1) is 17.4. The van der Waals surface area contributed by atoms with Gasteiger partial charge in [-0.05, 0) is 59.9 Å². The molecule has 2 aromatic carbocycles. The topological polar surface area (TPSA) is 104 Å². The van der Waals surface area contributed by atoms with Gasteiger partial charge in [0.15, 0.2) is 0 Å². The van der Waals surface area contributed by atoms with E-state index in [0.29, 0.717) is 34.5 Å². The lowest BCUT2D eigenvalue weighted by atomic mass is 9.67. The minimum atomic E-state index is -1.54. The van der Waals surface area contributed by atoms with Crippen LogP contribution in [0.5, 0.6) is 0 Å². The zero-order valence-corrected chi connectivity index (χ0v) is 19.7. The van der Waals surface area contributed by atoms with Crippen molar-refractivity contribution in [1.82, 2.24) is 9.55 Å². The summed E-state index contributed by atoms with van der Waals surface area (Å²) in [6, 6.07) is 13.7. The first kappa shape index (κ1) is 21.0. The number of rotatable bonds is 3. The Morgan fingerprint density at radius 3 is 2.78 bits per heavy atom. The van der Waals surface area contributed by atoms with Gasteiger partial charge in [0, 0.05) is 22.6 Å². The average Bonchev–Trinajstić information content (AvgIpc) is 3.25. The van der Waals surface area contributed by atoms with E-state index in [0.717, 1.165) is 34.1 Å². The second kappa shape index (κ2) is 6.87. The summed E-state index contributed by atoms with van der Waals surface area (Å²) in [5.41, 5.74) is 4.45. The zero-order valence-electron chi connectivity index (χ0n) is 19.7. The number of nitro benzene ring substituents is 1. The van der Waals surface area contributed by atoms with Gasteiger partial charge in [-0.15, -0.1) is 0 Å². The highest BCUT2D eigenvalue weighted by Gasteiger charge is 2.52. The van der Waals surface area contributed by atoms with Gasteiger partial charge in [0.1, 0.15) is 12.0 Å². The third kappa shape index (κ3) is 2.31. The van der Waals surface area contributed by atoms with Crippen molar-refractivity contribution in [2.75, 3.05) is 0 Å². The Bertz CT molecular complexity index is 1770. The fraction of sp³-hybridized carbons (Fsp3) is 0.250. The van der Waals surface area contributed by atoms with Gasteiger partial charge in [-0.3, -0.25) is 19.7 Å². The van der Waals surface area contributed by atoms with Gasteiger partial charge in [-0.1, -0.05) is 19.9 Å². The van der Waals surface area contributed by atoms with Gasteiger partial charge >= 0.3 is 5.97 Å². The van der Waals surface area contributed by atoms with Gasteiger partial charge < -0.3 is 9.30 Å². The van der Waals surface area contributed by atoms with Crippen molar-refractivity contribution in [3.8, 4) is 22.5 Å². The van der Waals surface area contributed by atoms with Crippen molar-refractivity contribution in [1.29, 1.82) is 0 Å². The highest BCUT2D eigenvalue weighted by atomic mass is 16.6. The number of hydrogen-bond donors (Lipinski definition) is 0. The van der Waals surface area contributed by atoms with Crippen LogP contribution in [0.3, 0.4) is 0 Å². The summed E-state index contributed by atoms with van der Waals surface area (Å²) in [5, 5.41) is 13.3. The van der Waals surface area contributed by atoms with E-state index in [1.807, 2.05) is 24.3 Å². The maximum Gasteiger partial charge on any atom is 0.321 e. The molecule has 0 saturated carbocycles. The molecule has 3 aliphatic heterocycles. The molecular weight excluding hydrogens is 458 g/mol. The summed E-state index contributed by atoms with van der Waals surface area (Å²) >= 11 is 0. The van der Waals surface area contributed by atoms with Crippen LogP contribution in [0, 0.1) is 16.2 Å². The molecule has 1 aliphatic carbocycles. The first-order valence-electron chi connectivity index (χ1n) is 12.0. The molecule has 5 heterocycles. The van der Waals surface area contributed by atoms with Crippen molar-refractivity contribution >= 4 is 22.6 Å². The molecule has 7 bridgehead atoms. The minimum absolute atomic E-state index is 0.168. The Morgan fingerprint density at radius 2 is 2.03 bits per heavy atom. The lowest BCUT2D eigenvalue weighted by Gasteiger charge is -2.37. The Morgan fingerprint density at radius 1 is 1.19 bits per heavy atom. The van der Waals surface area contributed by atoms with Crippen molar-refractivity contribution in [3.63, 3.8) is 0 Å². The number of ether oxygens (including phenoxy) is 1. The zero-order chi connectivity index (χ0) is 24.9. The summed E-state index contributed by atoms with van der Waals surface area (Å²) in [7, 11) is 0. The largest absolute Gasteiger partial charge is 0.460 e. The molecule has 4 aliphatic rings. The van der Waals surface area contributed by atoms with Crippen LogP contribution in [0.2, 0.25) is 0 Å². The Kier molecular flexibility index (Phi) is 4.01. The highest BCUT2D eigenvalue weighted by molar-refractivity contribution is 5.98. The Hall–Kier alpha value is -4.33. The molecule has 0 N–H and O–H groups in total. The number of carbonyl (C=O) groups is 1. The molecule has 0 spiro atoms. The van der Waals surface area contributed by atoms with E-state index in [9.17, 15) is 19.7 Å². The summed E-state index contributed by atoms with van der Waals surface area (Å²) < 4.78 is 7.32. The molecule has 1 atom stereocenters. The number of cyclic esters (lactones) is 1. The quantitative estimate of drug-likeness (QED) is 0.216. The number of hydrogen-bond acceptors (Lipinski definition) is 6. The molecule has 36 heavy (non-hydrogen) atoms. The molecule has 4 aromatic rings. The molecule has 8 heteroatoms. The summed E-state index contributed by atoms with van der Waals surface area (Å²) in [6.07, 6.45) is 0.910. The van der Waals surface area contributed by atoms with Gasteiger partial charge in [-0.25, -0.2) is 4.98 Å². The molecule has 1 radical (unpaired) electrons. The van der Waals surface area contributed by atoms with E-state index in [1.165, 1.54) is 12.1 Å². The van der Waals surface area contributed by atoms with Crippen LogP contribution >= 0.6 is 0 Å². The third-order valence-corrected chi connectivity index (χ3v) is 8.09. The van der Waals surface area contributed by atoms with Crippen LogP contribution in [0.4, 0.5) is 5.69 Å². The van der Waals surface area contributed by atoms with Crippen molar-refractivity contribution in [2.45, 2.75) is 45.3 Å². The van der Waals surface area contributed by atoms with Crippen LogP contribution < -0.4 is 5.56 Å². The number of benzene rings is 2. The number of aromatic nitrogens is 2. The van der Waals surface area contributed by atoms with Crippen molar-refractivity contribution in [3.05, 3.63) is 90.7 Å². The number of carbonyl (C=O) groups excluding carboxylic acids is 1. The number of nitro groups is 1. The molecular formula is C28H20N3O5. The van der Waals surface area contributed by atoms with Crippen LogP contribution in [0.25, 0.3) is 33.4 Å². The van der Waals surface area contributed by atoms with Gasteiger partial charge in [0.2, 0.25) is 0 Å². The van der Waals surface area contributed by atoms with Crippen LogP contribution in [0.15, 0.2) is 41.2 Å². The second-order valence-electron chi connectivity index (χ2n) is 9.52. The number of esters is 1. The first-order valence-corrected chi connectivity index (χ1v) is 12.0. The maximum atomic E-state index is 13.9. The minimum Gasteiger partial charge on any atom is -0.460 e. The number of fused-ring (bicyclic) bond motifs is 1. The second-order valence-corrected chi connectivity index (χ2v) is 9.52. The maximum absolute atomic E-state index is 13.9. The fourth-order valence-electron chi connectivity index (χ4n) is 6.45. The smallest absolute Gasteiger partial charge is 0.321 e. The molecule has 177 valence electrons. The van der Waals surface area contributed by atoms with E-state index < -0.39 is 16.3 Å². The molecule has 8 rings (SSSR count). The van der Waals surface area contributed by atoms with Crippen LogP contribution in [0.1, 0.15) is 48.1 Å². The molecule has 0 amide bonds. The van der Waals surface area contributed by atoms with E-state index in [-0.39, 0.29) is 29.8 Å². The van der Waals surface area contributed by atoms with Gasteiger partial charge in [0.25, 0.3) is 11.2 Å². The van der Waals surface area contributed by atoms with Crippen LogP contribution in [-0.4, -0.2) is 20.4 Å². The lowest BCUT2D eigenvalue weighted by molar-refractivity contribution is -0.385. The Balaban J connectivity index is 1.80. The normalized spacial score (nSPS) is 18.4. The molecule has 0 saturated heterocycles. The van der Waals surface area contributed by atoms with E-state index in [1.54, 1.807) is 11.5 Å². The fourth-order valence-corrected chi connectivity index (χ4v) is 6.45. The van der Waals surface area contributed by atoms with E-state index in [2.05, 4.69) is 13.0 Å². The van der Waals surface area contributed by atoms with Crippen LogP contribution in [-0.2, 0) is 34.5 Å². The summed E-state index contributed by atoms with van der Waals surface area (Å²) in [6.45, 7) is 4.09. The average molecular weight is 478 g/mol. The molecule has 0 fully saturated rings. The van der Waals surface area contributed by atoms with Gasteiger partial charge in [0.05, 0.1) is 39.5 Å². The monoisotopic (exact) mass is 478 g/mol. The predicted octanol–water partition coefficient (Wildman–Crippen LogP) is 4.43. The van der Waals surface area contributed by atoms with Gasteiger partial charge in [-0.2, -0.15) is 0 Å². The SMILES string of the molecule is CCc1c2c3nc4ccc(cc14)-c1[c]ccc([N+](=O)[O-])c1C1(CC)C(=O)OCc4c1cc-3n(c4=O)C2. The summed E-state index contributed by atoms with van der Waals surface area (Å²) in [5.74, 6) is -0.599. The summed E-state index contributed by atoms with van der Waals surface area (Å²) in [4.78, 5) is 44.4. The van der Waals surface area contributed by atoms with E-state index in [4.69, 9.17) is 9.72 Å². The molecule has 1 unspecified atom stereocenters. The standard InChI is InChI=1S/C28H20N3O5/c1-3-15-17-10-14-8-9-21(17)29-25-18(15)12-30-23(25)11-20-19(26(30)32)13-36-27(33)28(20,4-2)24-16(14)6-5-7-22(24)31(34)35/h5,7-11H,3-4,12-13H2,1-2H3. The highest BCUT2D eigenvalue weighted by Crippen LogP contribution is 2.51. The van der Waals surface area contributed by atoms with E-state index >= 15 is 0 Å². The third-order valence-electron chi connectivity index (χ3n) is 8.09.